The molecule has 0 fully saturated rings. The summed E-state index contributed by atoms with van der Waals surface area (Å²) in [4.78, 5) is 0. The van der Waals surface area contributed by atoms with E-state index in [-0.39, 0.29) is 11.6 Å². The fourth-order valence-corrected chi connectivity index (χ4v) is 0.746. The van der Waals surface area contributed by atoms with Crippen LogP contribution in [-0.4, -0.2) is 24.8 Å². The molecule has 1 unspecified atom stereocenters. The lowest BCUT2D eigenvalue weighted by atomic mass is 10.2. The second kappa shape index (κ2) is 5.18. The third-order valence-corrected chi connectivity index (χ3v) is 1.33. The van der Waals surface area contributed by atoms with Gasteiger partial charge in [0.25, 0.3) is 0 Å². The minimum atomic E-state index is -0.107. The molecule has 0 aromatic carbocycles. The van der Waals surface area contributed by atoms with Crippen molar-refractivity contribution in [1.29, 1.82) is 0 Å². The molecule has 12 heavy (non-hydrogen) atoms. The first-order chi connectivity index (χ1) is 5.49. The molecule has 70 valence electrons. The first kappa shape index (κ1) is 11.5. The molecule has 0 radical (unpaired) electrons. The smallest absolute Gasteiger partial charge is 0.0924 e. The Kier molecular flexibility index (Phi) is 4.96. The van der Waals surface area contributed by atoms with Crippen molar-refractivity contribution in [2.45, 2.75) is 39.3 Å². The Morgan fingerprint density at radius 3 is 2.42 bits per heavy atom. The normalized spacial score (nSPS) is 13.9. The van der Waals surface area contributed by atoms with Gasteiger partial charge in [-0.05, 0) is 27.3 Å². The molecule has 1 N–H and O–H groups in total. The molecule has 0 saturated heterocycles. The van der Waals surface area contributed by atoms with Crippen molar-refractivity contribution in [1.82, 2.24) is 5.32 Å². The van der Waals surface area contributed by atoms with Crippen molar-refractivity contribution in [3.63, 3.8) is 0 Å². The zero-order valence-electron chi connectivity index (χ0n) is 8.48. The number of rotatable bonds is 4. The lowest BCUT2D eigenvalue weighted by Crippen LogP contribution is -2.35. The van der Waals surface area contributed by atoms with Crippen molar-refractivity contribution >= 4 is 0 Å². The average Bonchev–Trinajstić information content (AvgIpc) is 1.96. The van der Waals surface area contributed by atoms with Crippen LogP contribution < -0.4 is 5.32 Å². The Balaban J connectivity index is 3.67. The van der Waals surface area contributed by atoms with E-state index in [1.54, 1.807) is 0 Å². The Labute approximate surface area is 75.7 Å². The highest BCUT2D eigenvalue weighted by Gasteiger charge is 2.12. The molecule has 1 atom stereocenters. The summed E-state index contributed by atoms with van der Waals surface area (Å²) in [5.74, 6) is 2.64. The zero-order chi connectivity index (χ0) is 9.61. The number of terminal acetylenes is 1. The van der Waals surface area contributed by atoms with Gasteiger partial charge in [0.1, 0.15) is 0 Å². The summed E-state index contributed by atoms with van der Waals surface area (Å²) in [5, 5.41) is 3.14. The molecule has 0 amide bonds. The van der Waals surface area contributed by atoms with E-state index in [0.29, 0.717) is 6.61 Å². The second-order valence-corrected chi connectivity index (χ2v) is 3.70. The Hall–Kier alpha value is -0.520. The summed E-state index contributed by atoms with van der Waals surface area (Å²) < 4.78 is 5.53. The first-order valence-electron chi connectivity index (χ1n) is 4.33. The van der Waals surface area contributed by atoms with Gasteiger partial charge in [-0.1, -0.05) is 12.8 Å². The number of nitrogens with one attached hydrogen (secondary N) is 1. The Bertz CT molecular complexity index is 152. The van der Waals surface area contributed by atoms with Gasteiger partial charge in [0.2, 0.25) is 0 Å². The predicted octanol–water partition coefficient (Wildman–Crippen LogP) is 1.41. The maximum Gasteiger partial charge on any atom is 0.0924 e. The third-order valence-electron chi connectivity index (χ3n) is 1.33. The average molecular weight is 169 g/mol. The monoisotopic (exact) mass is 169 g/mol. The molecule has 2 heteroatoms. The van der Waals surface area contributed by atoms with Crippen LogP contribution >= 0.6 is 0 Å². The van der Waals surface area contributed by atoms with Crippen LogP contribution in [0.5, 0.6) is 0 Å². The topological polar surface area (TPSA) is 21.3 Å². The van der Waals surface area contributed by atoms with Crippen molar-refractivity contribution in [3.05, 3.63) is 0 Å². The Morgan fingerprint density at radius 1 is 1.50 bits per heavy atom. The van der Waals surface area contributed by atoms with Crippen LogP contribution in [0.4, 0.5) is 0 Å². The molecule has 0 heterocycles. The zero-order valence-corrected chi connectivity index (χ0v) is 8.48. The summed E-state index contributed by atoms with van der Waals surface area (Å²) in [6.07, 6.45) is 5.30. The summed E-state index contributed by atoms with van der Waals surface area (Å²) in [5.41, 5.74) is -0.107. The SMILES string of the molecule is C#CC(COC(C)(C)C)NCC. The molecule has 2 nitrogen and oxygen atoms in total. The fraction of sp³-hybridized carbons (Fsp3) is 0.800. The van der Waals surface area contributed by atoms with E-state index >= 15 is 0 Å². The second-order valence-electron chi connectivity index (χ2n) is 3.70. The van der Waals surface area contributed by atoms with Crippen LogP contribution in [0.3, 0.4) is 0 Å². The molecule has 0 aliphatic carbocycles. The summed E-state index contributed by atoms with van der Waals surface area (Å²) in [6.45, 7) is 9.54. The van der Waals surface area contributed by atoms with Crippen LogP contribution in [0.1, 0.15) is 27.7 Å². The summed E-state index contributed by atoms with van der Waals surface area (Å²) in [6, 6.07) is 0.0363. The van der Waals surface area contributed by atoms with Gasteiger partial charge in [-0.15, -0.1) is 6.42 Å². The largest absolute Gasteiger partial charge is 0.373 e. The molecule has 0 saturated carbocycles. The van der Waals surface area contributed by atoms with Gasteiger partial charge in [-0.2, -0.15) is 0 Å². The molecule has 0 rings (SSSR count). The van der Waals surface area contributed by atoms with Gasteiger partial charge < -0.3 is 10.1 Å². The number of likely N-dealkylation sites (N-methyl/N-ethyl adjacent to an activating group) is 1. The lowest BCUT2D eigenvalue weighted by molar-refractivity contribution is -0.00771. The highest BCUT2D eigenvalue weighted by atomic mass is 16.5. The van der Waals surface area contributed by atoms with Crippen LogP contribution in [0.15, 0.2) is 0 Å². The van der Waals surface area contributed by atoms with Crippen molar-refractivity contribution in [3.8, 4) is 12.3 Å². The van der Waals surface area contributed by atoms with Gasteiger partial charge in [0.05, 0.1) is 18.2 Å². The highest BCUT2D eigenvalue weighted by Crippen LogP contribution is 2.06. The van der Waals surface area contributed by atoms with Crippen LogP contribution in [0, 0.1) is 12.3 Å². The minimum Gasteiger partial charge on any atom is -0.373 e. The summed E-state index contributed by atoms with van der Waals surface area (Å²) in [7, 11) is 0. The molecule has 0 bridgehead atoms. The minimum absolute atomic E-state index is 0.0363. The van der Waals surface area contributed by atoms with E-state index in [0.717, 1.165) is 6.54 Å². The Morgan fingerprint density at radius 2 is 2.08 bits per heavy atom. The van der Waals surface area contributed by atoms with E-state index in [2.05, 4.69) is 11.2 Å². The van der Waals surface area contributed by atoms with Gasteiger partial charge in [-0.3, -0.25) is 0 Å². The van der Waals surface area contributed by atoms with Crippen molar-refractivity contribution < 1.29 is 4.74 Å². The van der Waals surface area contributed by atoms with E-state index in [1.807, 2.05) is 27.7 Å². The number of ether oxygens (including phenoxy) is 1. The number of hydrogen-bond donors (Lipinski definition) is 1. The quantitative estimate of drug-likeness (QED) is 0.642. The molecule has 0 aromatic heterocycles. The van der Waals surface area contributed by atoms with E-state index in [9.17, 15) is 0 Å². The molecule has 0 spiro atoms. The predicted molar refractivity (Wildman–Crippen MR) is 52.0 cm³/mol. The maximum absolute atomic E-state index is 5.53. The molecular weight excluding hydrogens is 150 g/mol. The van der Waals surface area contributed by atoms with Gasteiger partial charge in [0.15, 0.2) is 0 Å². The van der Waals surface area contributed by atoms with Gasteiger partial charge in [-0.25, -0.2) is 0 Å². The lowest BCUT2D eigenvalue weighted by Gasteiger charge is -2.22. The van der Waals surface area contributed by atoms with Crippen LogP contribution in [0.2, 0.25) is 0 Å². The van der Waals surface area contributed by atoms with Crippen LogP contribution in [-0.2, 0) is 4.74 Å². The van der Waals surface area contributed by atoms with Crippen LogP contribution in [0.25, 0.3) is 0 Å². The maximum atomic E-state index is 5.53. The van der Waals surface area contributed by atoms with E-state index in [1.165, 1.54) is 0 Å². The standard InChI is InChI=1S/C10H19NO/c1-6-9(11-7-2)8-12-10(3,4)5/h1,9,11H,7-8H2,2-5H3. The highest BCUT2D eigenvalue weighted by molar-refractivity contribution is 4.98. The fourth-order valence-electron chi connectivity index (χ4n) is 0.746. The van der Waals surface area contributed by atoms with E-state index < -0.39 is 0 Å². The molecule has 0 aliphatic heterocycles. The molecule has 0 aliphatic rings. The summed E-state index contributed by atoms with van der Waals surface area (Å²) >= 11 is 0. The van der Waals surface area contributed by atoms with Crippen molar-refractivity contribution in [2.75, 3.05) is 13.2 Å². The van der Waals surface area contributed by atoms with Gasteiger partial charge in [0, 0.05) is 0 Å². The van der Waals surface area contributed by atoms with E-state index in [4.69, 9.17) is 11.2 Å². The number of hydrogen-bond acceptors (Lipinski definition) is 2. The first-order valence-corrected chi connectivity index (χ1v) is 4.33. The molecule has 0 aromatic rings. The molecular formula is C10H19NO. The van der Waals surface area contributed by atoms with Gasteiger partial charge >= 0.3 is 0 Å². The third kappa shape index (κ3) is 6.21. The van der Waals surface area contributed by atoms with Crippen molar-refractivity contribution in [2.24, 2.45) is 0 Å².